The summed E-state index contributed by atoms with van der Waals surface area (Å²) in [5, 5.41) is 2.43. The van der Waals surface area contributed by atoms with Gasteiger partial charge >= 0.3 is 12.3 Å². The van der Waals surface area contributed by atoms with E-state index in [0.29, 0.717) is 4.47 Å². The van der Waals surface area contributed by atoms with Gasteiger partial charge in [0.25, 0.3) is 0 Å². The topological polar surface area (TPSA) is 64.4 Å². The monoisotopic (exact) mass is 420 g/mol. The number of hydrogen-bond donors (Lipinski definition) is 1. The van der Waals surface area contributed by atoms with Gasteiger partial charge in [0.15, 0.2) is 5.76 Å². The fourth-order valence-electron chi connectivity index (χ4n) is 1.94. The molecule has 0 saturated carbocycles. The normalized spacial score (nSPS) is 12.1. The highest BCUT2D eigenvalue weighted by molar-refractivity contribution is 9.10. The van der Waals surface area contributed by atoms with Crippen molar-refractivity contribution in [3.63, 3.8) is 0 Å². The van der Waals surface area contributed by atoms with Crippen molar-refractivity contribution in [1.29, 1.82) is 0 Å². The fraction of sp³-hybridized carbons (Fsp3) is 0.375. The minimum atomic E-state index is -4.54. The lowest BCUT2D eigenvalue weighted by Gasteiger charge is -2.19. The molecule has 1 aromatic heterocycles. The molecule has 1 N–H and O–H groups in total. The van der Waals surface area contributed by atoms with E-state index in [1.807, 2.05) is 0 Å². The van der Waals surface area contributed by atoms with Crippen LogP contribution in [-0.2, 0) is 17.5 Å². The van der Waals surface area contributed by atoms with Crippen LogP contribution >= 0.6 is 15.9 Å². The molecule has 0 bridgehead atoms. The number of aromatic nitrogens is 1. The molecule has 0 unspecified atom stereocenters. The summed E-state index contributed by atoms with van der Waals surface area (Å²) in [4.78, 5) is 15.5. The summed E-state index contributed by atoms with van der Waals surface area (Å²) in [6.45, 7) is 5.03. The van der Waals surface area contributed by atoms with Crippen LogP contribution in [0.15, 0.2) is 33.3 Å². The SMILES string of the molecule is CC(C)(C)OC(=O)NCc1ncc(-c2ccc(Br)cc2C(F)(F)F)o1. The van der Waals surface area contributed by atoms with Crippen LogP contribution in [-0.4, -0.2) is 16.7 Å². The van der Waals surface area contributed by atoms with Crippen LogP contribution in [0, 0.1) is 0 Å². The molecule has 5 nitrogen and oxygen atoms in total. The summed E-state index contributed by atoms with van der Waals surface area (Å²) >= 11 is 3.02. The van der Waals surface area contributed by atoms with E-state index in [1.165, 1.54) is 18.3 Å². The van der Waals surface area contributed by atoms with Gasteiger partial charge < -0.3 is 14.5 Å². The Morgan fingerprint density at radius 3 is 2.60 bits per heavy atom. The molecule has 0 aliphatic heterocycles. The molecule has 0 fully saturated rings. The molecule has 25 heavy (non-hydrogen) atoms. The lowest BCUT2D eigenvalue weighted by molar-refractivity contribution is -0.137. The zero-order chi connectivity index (χ0) is 18.8. The molecular weight excluding hydrogens is 405 g/mol. The summed E-state index contributed by atoms with van der Waals surface area (Å²) in [6.07, 6.45) is -4.03. The highest BCUT2D eigenvalue weighted by Gasteiger charge is 2.34. The molecule has 136 valence electrons. The second-order valence-electron chi connectivity index (χ2n) is 6.16. The summed E-state index contributed by atoms with van der Waals surface area (Å²) < 4.78 is 50.2. The zero-order valence-corrected chi connectivity index (χ0v) is 15.3. The highest BCUT2D eigenvalue weighted by atomic mass is 79.9. The van der Waals surface area contributed by atoms with Crippen molar-refractivity contribution in [3.8, 4) is 11.3 Å². The number of oxazole rings is 1. The van der Waals surface area contributed by atoms with Gasteiger partial charge in [-0.1, -0.05) is 15.9 Å². The number of nitrogens with one attached hydrogen (secondary N) is 1. The third-order valence-corrected chi connectivity index (χ3v) is 3.38. The first-order chi connectivity index (χ1) is 11.5. The van der Waals surface area contributed by atoms with Crippen LogP contribution in [0.3, 0.4) is 0 Å². The van der Waals surface area contributed by atoms with Crippen molar-refractivity contribution in [2.75, 3.05) is 0 Å². The summed E-state index contributed by atoms with van der Waals surface area (Å²) in [6, 6.07) is 3.74. The van der Waals surface area contributed by atoms with E-state index in [2.05, 4.69) is 26.2 Å². The minimum Gasteiger partial charge on any atom is -0.444 e. The van der Waals surface area contributed by atoms with E-state index in [1.54, 1.807) is 20.8 Å². The predicted octanol–water partition coefficient (Wildman–Crippen LogP) is 5.15. The number of carbonyl (C=O) groups excluding carboxylic acids is 1. The lowest BCUT2D eigenvalue weighted by atomic mass is 10.1. The van der Waals surface area contributed by atoms with E-state index in [-0.39, 0.29) is 23.8 Å². The van der Waals surface area contributed by atoms with Crippen molar-refractivity contribution in [3.05, 3.63) is 40.3 Å². The van der Waals surface area contributed by atoms with E-state index in [9.17, 15) is 18.0 Å². The molecule has 0 spiro atoms. The van der Waals surface area contributed by atoms with Gasteiger partial charge in [0.1, 0.15) is 5.60 Å². The Morgan fingerprint density at radius 1 is 1.32 bits per heavy atom. The average Bonchev–Trinajstić information content (AvgIpc) is 2.91. The summed E-state index contributed by atoms with van der Waals surface area (Å²) in [5.74, 6) is 0.0257. The molecule has 0 aliphatic carbocycles. The number of alkyl carbamates (subject to hydrolysis) is 1. The minimum absolute atomic E-state index is 0.0409. The lowest BCUT2D eigenvalue weighted by Crippen LogP contribution is -2.32. The molecular formula is C16H16BrF3N2O3. The zero-order valence-electron chi connectivity index (χ0n) is 13.7. The maximum absolute atomic E-state index is 13.2. The molecule has 0 aliphatic rings. The number of alkyl halides is 3. The first-order valence-electron chi connectivity index (χ1n) is 7.24. The van der Waals surface area contributed by atoms with Gasteiger partial charge in [-0.15, -0.1) is 0 Å². The molecule has 0 saturated heterocycles. The molecule has 1 aromatic carbocycles. The van der Waals surface area contributed by atoms with Gasteiger partial charge in [0.05, 0.1) is 18.3 Å². The smallest absolute Gasteiger partial charge is 0.417 e. The van der Waals surface area contributed by atoms with E-state index in [0.717, 1.165) is 6.07 Å². The van der Waals surface area contributed by atoms with E-state index in [4.69, 9.17) is 9.15 Å². The second kappa shape index (κ2) is 7.07. The molecule has 0 radical (unpaired) electrons. The van der Waals surface area contributed by atoms with Crippen LogP contribution in [0.2, 0.25) is 0 Å². The van der Waals surface area contributed by atoms with Crippen molar-refractivity contribution in [2.24, 2.45) is 0 Å². The summed E-state index contributed by atoms with van der Waals surface area (Å²) in [5.41, 5.74) is -1.64. The van der Waals surface area contributed by atoms with Gasteiger partial charge in [-0.05, 0) is 39.0 Å². The van der Waals surface area contributed by atoms with Gasteiger partial charge in [0.2, 0.25) is 5.89 Å². The largest absolute Gasteiger partial charge is 0.444 e. The molecule has 0 atom stereocenters. The maximum Gasteiger partial charge on any atom is 0.417 e. The first-order valence-corrected chi connectivity index (χ1v) is 8.04. The third kappa shape index (κ3) is 5.48. The van der Waals surface area contributed by atoms with Crippen LogP contribution in [0.5, 0.6) is 0 Å². The Kier molecular flexibility index (Phi) is 5.46. The number of benzene rings is 1. The summed E-state index contributed by atoms with van der Waals surface area (Å²) in [7, 11) is 0. The number of halogens is 4. The van der Waals surface area contributed by atoms with E-state index >= 15 is 0 Å². The first kappa shape index (κ1) is 19.3. The molecule has 1 amide bonds. The standard InChI is InChI=1S/C16H16BrF3N2O3/c1-15(2,3)25-14(23)22-8-13-21-7-12(24-13)10-5-4-9(17)6-11(10)16(18,19)20/h4-7H,8H2,1-3H3,(H,22,23). The number of rotatable bonds is 3. The maximum atomic E-state index is 13.2. The second-order valence-corrected chi connectivity index (χ2v) is 7.08. The fourth-order valence-corrected chi connectivity index (χ4v) is 2.31. The highest BCUT2D eigenvalue weighted by Crippen LogP contribution is 2.38. The number of ether oxygens (including phenoxy) is 1. The number of nitrogens with zero attached hydrogens (tertiary/aromatic N) is 1. The van der Waals surface area contributed by atoms with Crippen molar-refractivity contribution in [1.82, 2.24) is 10.3 Å². The van der Waals surface area contributed by atoms with Gasteiger partial charge in [-0.3, -0.25) is 0 Å². The van der Waals surface area contributed by atoms with Gasteiger partial charge in [-0.25, -0.2) is 9.78 Å². The number of hydrogen-bond acceptors (Lipinski definition) is 4. The molecule has 9 heteroatoms. The molecule has 2 rings (SSSR count). The van der Waals surface area contributed by atoms with Crippen LogP contribution < -0.4 is 5.32 Å². The quantitative estimate of drug-likeness (QED) is 0.745. The number of amides is 1. The Morgan fingerprint density at radius 2 is 2.00 bits per heavy atom. The Labute approximate surface area is 150 Å². The van der Waals surface area contributed by atoms with Crippen LogP contribution in [0.4, 0.5) is 18.0 Å². The van der Waals surface area contributed by atoms with Gasteiger partial charge in [0, 0.05) is 10.0 Å². The Bertz CT molecular complexity index is 767. The van der Waals surface area contributed by atoms with Crippen molar-refractivity contribution in [2.45, 2.75) is 39.1 Å². The predicted molar refractivity (Wildman–Crippen MR) is 87.7 cm³/mol. The van der Waals surface area contributed by atoms with Crippen molar-refractivity contribution >= 4 is 22.0 Å². The Hall–Kier alpha value is -2.03. The average molecular weight is 421 g/mol. The van der Waals surface area contributed by atoms with Gasteiger partial charge in [-0.2, -0.15) is 13.2 Å². The Balaban J connectivity index is 2.16. The number of carbonyl (C=O) groups is 1. The molecule has 1 heterocycles. The van der Waals surface area contributed by atoms with Crippen LogP contribution in [0.25, 0.3) is 11.3 Å². The van der Waals surface area contributed by atoms with Crippen molar-refractivity contribution < 1.29 is 27.1 Å². The molecule has 2 aromatic rings. The van der Waals surface area contributed by atoms with Crippen LogP contribution in [0.1, 0.15) is 32.2 Å². The van der Waals surface area contributed by atoms with E-state index < -0.39 is 23.4 Å². The third-order valence-electron chi connectivity index (χ3n) is 2.89.